The Morgan fingerprint density at radius 3 is 2.82 bits per heavy atom. The molecular weight excluding hydrogens is 280 g/mol. The van der Waals surface area contributed by atoms with Gasteiger partial charge in [0.1, 0.15) is 0 Å². The smallest absolute Gasteiger partial charge is 0.234 e. The van der Waals surface area contributed by atoms with Crippen LogP contribution in [0.5, 0.6) is 0 Å². The molecule has 1 heterocycles. The van der Waals surface area contributed by atoms with Crippen molar-refractivity contribution in [1.82, 2.24) is 10.6 Å². The maximum absolute atomic E-state index is 12.0. The molecule has 0 aromatic heterocycles. The van der Waals surface area contributed by atoms with E-state index >= 15 is 0 Å². The third-order valence-corrected chi connectivity index (χ3v) is 4.07. The van der Waals surface area contributed by atoms with Crippen LogP contribution in [0.2, 0.25) is 0 Å². The Morgan fingerprint density at radius 2 is 2.14 bits per heavy atom. The van der Waals surface area contributed by atoms with Crippen LogP contribution in [0.4, 0.5) is 0 Å². The first kappa shape index (κ1) is 16.9. The van der Waals surface area contributed by atoms with Crippen LogP contribution in [0.15, 0.2) is 24.3 Å². The first-order valence-corrected chi connectivity index (χ1v) is 7.77. The Bertz CT molecular complexity index is 479. The van der Waals surface area contributed by atoms with Crippen molar-refractivity contribution in [3.8, 4) is 0 Å². The fourth-order valence-corrected chi connectivity index (χ4v) is 2.76. The van der Waals surface area contributed by atoms with E-state index in [4.69, 9.17) is 9.47 Å². The standard InChI is InChI=1S/C17H26N2O3/c1-14-4-3-5-15(10-14)11-18-16(20)12-19-17(13-21-2)6-8-22-9-7-17/h3-5,10,19H,6-9,11-13H2,1-2H3,(H,18,20). The molecule has 1 aromatic rings. The van der Waals surface area contributed by atoms with Gasteiger partial charge in [-0.1, -0.05) is 29.8 Å². The van der Waals surface area contributed by atoms with Crippen LogP contribution in [-0.4, -0.2) is 44.9 Å². The number of hydrogen-bond donors (Lipinski definition) is 2. The van der Waals surface area contributed by atoms with Crippen LogP contribution in [0.1, 0.15) is 24.0 Å². The number of carbonyl (C=O) groups is 1. The van der Waals surface area contributed by atoms with Crippen LogP contribution in [0.25, 0.3) is 0 Å². The van der Waals surface area contributed by atoms with Crippen molar-refractivity contribution in [2.24, 2.45) is 0 Å². The molecule has 122 valence electrons. The van der Waals surface area contributed by atoms with Crippen LogP contribution in [0.3, 0.4) is 0 Å². The van der Waals surface area contributed by atoms with Crippen LogP contribution in [0, 0.1) is 6.92 Å². The molecule has 0 unspecified atom stereocenters. The molecule has 0 radical (unpaired) electrons. The molecule has 1 aliphatic rings. The Balaban J connectivity index is 1.78. The van der Waals surface area contributed by atoms with Gasteiger partial charge in [0.15, 0.2) is 0 Å². The van der Waals surface area contributed by atoms with Crippen molar-refractivity contribution in [3.05, 3.63) is 35.4 Å². The molecule has 0 aliphatic carbocycles. The molecule has 0 atom stereocenters. The zero-order valence-electron chi connectivity index (χ0n) is 13.5. The molecule has 2 rings (SSSR count). The fourth-order valence-electron chi connectivity index (χ4n) is 2.76. The van der Waals surface area contributed by atoms with Crippen LogP contribution >= 0.6 is 0 Å². The molecular formula is C17H26N2O3. The average molecular weight is 306 g/mol. The number of hydrogen-bond acceptors (Lipinski definition) is 4. The minimum atomic E-state index is -0.145. The maximum atomic E-state index is 12.0. The first-order valence-electron chi connectivity index (χ1n) is 7.77. The zero-order valence-corrected chi connectivity index (χ0v) is 13.5. The molecule has 0 spiro atoms. The summed E-state index contributed by atoms with van der Waals surface area (Å²) >= 11 is 0. The van der Waals surface area contributed by atoms with Crippen LogP contribution in [-0.2, 0) is 20.8 Å². The number of amides is 1. The molecule has 2 N–H and O–H groups in total. The highest BCUT2D eigenvalue weighted by Gasteiger charge is 2.32. The molecule has 0 saturated carbocycles. The van der Waals surface area contributed by atoms with Crippen molar-refractivity contribution in [1.29, 1.82) is 0 Å². The van der Waals surface area contributed by atoms with Crippen molar-refractivity contribution < 1.29 is 14.3 Å². The van der Waals surface area contributed by atoms with Gasteiger partial charge in [-0.05, 0) is 25.3 Å². The quantitative estimate of drug-likeness (QED) is 0.799. The summed E-state index contributed by atoms with van der Waals surface area (Å²) in [4.78, 5) is 12.0. The summed E-state index contributed by atoms with van der Waals surface area (Å²) in [6.45, 7) is 4.92. The molecule has 1 saturated heterocycles. The first-order chi connectivity index (χ1) is 10.6. The lowest BCUT2D eigenvalue weighted by Gasteiger charge is -2.37. The van der Waals surface area contributed by atoms with E-state index in [0.717, 1.165) is 18.4 Å². The average Bonchev–Trinajstić information content (AvgIpc) is 2.52. The van der Waals surface area contributed by atoms with E-state index < -0.39 is 0 Å². The molecule has 1 fully saturated rings. The van der Waals surface area contributed by atoms with Crippen molar-refractivity contribution >= 4 is 5.91 Å². The highest BCUT2D eigenvalue weighted by atomic mass is 16.5. The fraction of sp³-hybridized carbons (Fsp3) is 0.588. The van der Waals surface area contributed by atoms with Gasteiger partial charge in [-0.25, -0.2) is 0 Å². The van der Waals surface area contributed by atoms with E-state index in [0.29, 0.717) is 32.9 Å². The number of aryl methyl sites for hydroxylation is 1. The van der Waals surface area contributed by atoms with Gasteiger partial charge in [0.25, 0.3) is 0 Å². The zero-order chi connectivity index (χ0) is 15.8. The highest BCUT2D eigenvalue weighted by Crippen LogP contribution is 2.20. The summed E-state index contributed by atoms with van der Waals surface area (Å²) in [7, 11) is 1.69. The Kier molecular flexibility index (Phi) is 6.36. The van der Waals surface area contributed by atoms with Crippen molar-refractivity contribution in [2.75, 3.05) is 33.5 Å². The predicted octanol–water partition coefficient (Wildman–Crippen LogP) is 1.40. The summed E-state index contributed by atoms with van der Waals surface area (Å²) in [5, 5.41) is 6.32. The van der Waals surface area contributed by atoms with Gasteiger partial charge in [0.05, 0.1) is 13.2 Å². The van der Waals surface area contributed by atoms with E-state index in [2.05, 4.69) is 16.7 Å². The maximum Gasteiger partial charge on any atom is 0.234 e. The predicted molar refractivity (Wildman–Crippen MR) is 85.7 cm³/mol. The summed E-state index contributed by atoms with van der Waals surface area (Å²) in [6.07, 6.45) is 1.73. The molecule has 22 heavy (non-hydrogen) atoms. The minimum Gasteiger partial charge on any atom is -0.383 e. The SMILES string of the molecule is COCC1(NCC(=O)NCc2cccc(C)c2)CCOCC1. The van der Waals surface area contributed by atoms with Crippen LogP contribution < -0.4 is 10.6 Å². The molecule has 5 heteroatoms. The topological polar surface area (TPSA) is 59.6 Å². The second-order valence-corrected chi connectivity index (χ2v) is 5.95. The monoisotopic (exact) mass is 306 g/mol. The molecule has 0 bridgehead atoms. The van der Waals surface area contributed by atoms with Crippen molar-refractivity contribution in [3.63, 3.8) is 0 Å². The number of ether oxygens (including phenoxy) is 2. The van der Waals surface area contributed by atoms with Gasteiger partial charge in [-0.2, -0.15) is 0 Å². The van der Waals surface area contributed by atoms with Gasteiger partial charge < -0.3 is 20.1 Å². The normalized spacial score (nSPS) is 17.2. The number of methoxy groups -OCH3 is 1. The Morgan fingerprint density at radius 1 is 1.36 bits per heavy atom. The largest absolute Gasteiger partial charge is 0.383 e. The lowest BCUT2D eigenvalue weighted by Crippen LogP contribution is -2.55. The van der Waals surface area contributed by atoms with E-state index in [1.807, 2.05) is 25.1 Å². The Hall–Kier alpha value is -1.43. The number of nitrogens with one attached hydrogen (secondary N) is 2. The molecule has 1 amide bonds. The summed E-state index contributed by atoms with van der Waals surface area (Å²) in [5.41, 5.74) is 2.17. The van der Waals surface area contributed by atoms with Gasteiger partial charge in [0.2, 0.25) is 5.91 Å². The third kappa shape index (κ3) is 5.09. The highest BCUT2D eigenvalue weighted by molar-refractivity contribution is 5.78. The van der Waals surface area contributed by atoms with Gasteiger partial charge in [0, 0.05) is 32.4 Å². The number of carbonyl (C=O) groups excluding carboxylic acids is 1. The third-order valence-electron chi connectivity index (χ3n) is 4.07. The lowest BCUT2D eigenvalue weighted by atomic mass is 9.91. The van der Waals surface area contributed by atoms with Crippen molar-refractivity contribution in [2.45, 2.75) is 31.8 Å². The summed E-state index contributed by atoms with van der Waals surface area (Å²) in [6, 6.07) is 8.15. The second kappa shape index (κ2) is 8.27. The van der Waals surface area contributed by atoms with E-state index in [1.54, 1.807) is 7.11 Å². The number of benzene rings is 1. The minimum absolute atomic E-state index is 0.00322. The van der Waals surface area contributed by atoms with E-state index in [-0.39, 0.29) is 11.4 Å². The molecule has 1 aromatic carbocycles. The molecule has 5 nitrogen and oxygen atoms in total. The van der Waals surface area contributed by atoms with E-state index in [1.165, 1.54) is 5.56 Å². The second-order valence-electron chi connectivity index (χ2n) is 5.95. The Labute approximate surface area is 132 Å². The molecule has 1 aliphatic heterocycles. The van der Waals surface area contributed by atoms with Gasteiger partial charge >= 0.3 is 0 Å². The van der Waals surface area contributed by atoms with E-state index in [9.17, 15) is 4.79 Å². The summed E-state index contributed by atoms with van der Waals surface area (Å²) < 4.78 is 10.7. The summed E-state index contributed by atoms with van der Waals surface area (Å²) in [5.74, 6) is 0.00322. The van der Waals surface area contributed by atoms with Gasteiger partial charge in [-0.15, -0.1) is 0 Å². The lowest BCUT2D eigenvalue weighted by molar-refractivity contribution is -0.121. The number of rotatable bonds is 7. The van der Waals surface area contributed by atoms with Gasteiger partial charge in [-0.3, -0.25) is 4.79 Å².